The van der Waals surface area contributed by atoms with Crippen molar-refractivity contribution >= 4 is 22.6 Å². The second-order valence-electron chi connectivity index (χ2n) is 6.02. The van der Waals surface area contributed by atoms with Crippen molar-refractivity contribution in [2.24, 2.45) is 0 Å². The van der Waals surface area contributed by atoms with Crippen molar-refractivity contribution in [2.75, 3.05) is 12.4 Å². The maximum Gasteiger partial charge on any atom is 0.235 e. The zero-order valence-corrected chi connectivity index (χ0v) is 13.6. The predicted molar refractivity (Wildman–Crippen MR) is 87.7 cm³/mol. The minimum atomic E-state index is -0.753. The number of H-pyrrole nitrogens is 1. The quantitative estimate of drug-likeness (QED) is 0.773. The van der Waals surface area contributed by atoms with Gasteiger partial charge < -0.3 is 19.6 Å². The largest absolute Gasteiger partial charge is 0.497 e. The maximum absolute atomic E-state index is 12.7. The van der Waals surface area contributed by atoms with Crippen molar-refractivity contribution < 1.29 is 14.1 Å². The van der Waals surface area contributed by atoms with Crippen molar-refractivity contribution in [1.82, 2.24) is 10.1 Å². The van der Waals surface area contributed by atoms with Gasteiger partial charge in [0.25, 0.3) is 0 Å². The summed E-state index contributed by atoms with van der Waals surface area (Å²) in [5.74, 6) is 1.66. The highest BCUT2D eigenvalue weighted by Crippen LogP contribution is 2.33. The third-order valence-electron chi connectivity index (χ3n) is 4.00. The summed E-state index contributed by atoms with van der Waals surface area (Å²) in [4.78, 5) is 15.9. The number of aromatic amines is 1. The van der Waals surface area contributed by atoms with Crippen LogP contribution in [0.25, 0.3) is 10.9 Å². The monoisotopic (exact) mass is 313 g/mol. The average molecular weight is 313 g/mol. The molecule has 1 amide bonds. The van der Waals surface area contributed by atoms with E-state index < -0.39 is 5.41 Å². The van der Waals surface area contributed by atoms with Gasteiger partial charge in [-0.15, -0.1) is 0 Å². The SMILES string of the molecule is COc1ccc2[nH]cc(C(C)(C)C(=O)Nc3cc(C)on3)c2c1. The number of aromatic nitrogens is 2. The Bertz CT molecular complexity index is 861. The molecule has 0 aliphatic heterocycles. The van der Waals surface area contributed by atoms with E-state index in [-0.39, 0.29) is 5.91 Å². The molecule has 120 valence electrons. The van der Waals surface area contributed by atoms with Crippen LogP contribution in [0.1, 0.15) is 25.2 Å². The summed E-state index contributed by atoms with van der Waals surface area (Å²) < 4.78 is 10.3. The number of ether oxygens (including phenoxy) is 1. The van der Waals surface area contributed by atoms with Gasteiger partial charge in [0.05, 0.1) is 12.5 Å². The number of nitrogens with zero attached hydrogens (tertiary/aromatic N) is 1. The minimum Gasteiger partial charge on any atom is -0.497 e. The maximum atomic E-state index is 12.7. The van der Waals surface area contributed by atoms with Crippen molar-refractivity contribution in [2.45, 2.75) is 26.2 Å². The lowest BCUT2D eigenvalue weighted by atomic mass is 9.83. The molecule has 3 aromatic rings. The van der Waals surface area contributed by atoms with Crippen LogP contribution in [0, 0.1) is 6.92 Å². The van der Waals surface area contributed by atoms with Gasteiger partial charge in [0.1, 0.15) is 11.5 Å². The molecule has 0 radical (unpaired) electrons. The number of benzene rings is 1. The summed E-state index contributed by atoms with van der Waals surface area (Å²) >= 11 is 0. The minimum absolute atomic E-state index is 0.158. The molecular weight excluding hydrogens is 294 g/mol. The van der Waals surface area contributed by atoms with Gasteiger partial charge in [0.2, 0.25) is 5.91 Å². The van der Waals surface area contributed by atoms with Crippen LogP contribution < -0.4 is 10.1 Å². The summed E-state index contributed by atoms with van der Waals surface area (Å²) in [5, 5.41) is 7.56. The normalized spacial score (nSPS) is 11.7. The molecule has 6 heteroatoms. The van der Waals surface area contributed by atoms with Gasteiger partial charge in [-0.25, -0.2) is 0 Å². The number of hydrogen-bond donors (Lipinski definition) is 2. The zero-order valence-electron chi connectivity index (χ0n) is 13.6. The van der Waals surface area contributed by atoms with Gasteiger partial charge in [-0.2, -0.15) is 0 Å². The summed E-state index contributed by atoms with van der Waals surface area (Å²) in [6, 6.07) is 7.43. The fraction of sp³-hybridized carbons (Fsp3) is 0.294. The molecule has 0 aliphatic carbocycles. The van der Waals surface area contributed by atoms with E-state index in [0.29, 0.717) is 11.6 Å². The Morgan fingerprint density at radius 3 is 2.78 bits per heavy atom. The van der Waals surface area contributed by atoms with Gasteiger partial charge in [0, 0.05) is 23.2 Å². The first-order valence-corrected chi connectivity index (χ1v) is 7.32. The van der Waals surface area contributed by atoms with Gasteiger partial charge in [-0.05, 0) is 44.5 Å². The lowest BCUT2D eigenvalue weighted by molar-refractivity contribution is -0.120. The standard InChI is InChI=1S/C17H19N3O3/c1-10-7-15(20-23-10)19-16(21)17(2,3)13-9-18-14-6-5-11(22-4)8-12(13)14/h5-9,18H,1-4H3,(H,19,20,21). The molecule has 0 bridgehead atoms. The number of rotatable bonds is 4. The molecule has 6 nitrogen and oxygen atoms in total. The summed E-state index contributed by atoms with van der Waals surface area (Å²) in [7, 11) is 1.62. The molecule has 0 saturated heterocycles. The smallest absolute Gasteiger partial charge is 0.235 e. The third-order valence-corrected chi connectivity index (χ3v) is 4.00. The van der Waals surface area contributed by atoms with Crippen LogP contribution in [0.15, 0.2) is 35.0 Å². The second kappa shape index (κ2) is 5.46. The Morgan fingerprint density at radius 2 is 2.13 bits per heavy atom. The fourth-order valence-corrected chi connectivity index (χ4v) is 2.56. The molecule has 3 rings (SSSR count). The Balaban J connectivity index is 1.96. The van der Waals surface area contributed by atoms with Crippen LogP contribution in [-0.2, 0) is 10.2 Å². The number of aryl methyl sites for hydroxylation is 1. The molecule has 0 spiro atoms. The Labute approximate surface area is 133 Å². The Morgan fingerprint density at radius 1 is 1.35 bits per heavy atom. The molecule has 0 saturated carbocycles. The number of nitrogens with one attached hydrogen (secondary N) is 2. The molecule has 0 unspecified atom stereocenters. The van der Waals surface area contributed by atoms with Crippen LogP contribution in [-0.4, -0.2) is 23.2 Å². The zero-order chi connectivity index (χ0) is 16.6. The van der Waals surface area contributed by atoms with Crippen LogP contribution in [0.5, 0.6) is 5.75 Å². The van der Waals surface area contributed by atoms with E-state index in [1.165, 1.54) is 0 Å². The van der Waals surface area contributed by atoms with Crippen molar-refractivity contribution in [3.63, 3.8) is 0 Å². The lowest BCUT2D eigenvalue weighted by Crippen LogP contribution is -2.34. The molecule has 23 heavy (non-hydrogen) atoms. The van der Waals surface area contributed by atoms with Crippen molar-refractivity contribution in [3.8, 4) is 5.75 Å². The number of carbonyl (C=O) groups is 1. The molecular formula is C17H19N3O3. The number of fused-ring (bicyclic) bond motifs is 1. The number of hydrogen-bond acceptors (Lipinski definition) is 4. The third kappa shape index (κ3) is 2.67. The first-order valence-electron chi connectivity index (χ1n) is 7.32. The molecule has 1 aromatic carbocycles. The van der Waals surface area contributed by atoms with Crippen molar-refractivity contribution in [3.05, 3.63) is 41.8 Å². The highest BCUT2D eigenvalue weighted by Gasteiger charge is 2.33. The fourth-order valence-electron chi connectivity index (χ4n) is 2.56. The van der Waals surface area contributed by atoms with E-state index in [1.807, 2.05) is 38.2 Å². The van der Waals surface area contributed by atoms with Crippen molar-refractivity contribution in [1.29, 1.82) is 0 Å². The second-order valence-corrected chi connectivity index (χ2v) is 6.02. The van der Waals surface area contributed by atoms with E-state index >= 15 is 0 Å². The van der Waals surface area contributed by atoms with E-state index in [2.05, 4.69) is 15.5 Å². The average Bonchev–Trinajstić information content (AvgIpc) is 3.12. The number of methoxy groups -OCH3 is 1. The Kier molecular flexibility index (Phi) is 3.60. The first kappa shape index (κ1) is 15.1. The molecule has 0 fully saturated rings. The highest BCUT2D eigenvalue weighted by molar-refractivity contribution is 6.01. The van der Waals surface area contributed by atoms with Crippen LogP contribution >= 0.6 is 0 Å². The van der Waals surface area contributed by atoms with Gasteiger partial charge in [0.15, 0.2) is 5.82 Å². The summed E-state index contributed by atoms with van der Waals surface area (Å²) in [6.45, 7) is 5.52. The van der Waals surface area contributed by atoms with Gasteiger partial charge >= 0.3 is 0 Å². The van der Waals surface area contributed by atoms with Gasteiger partial charge in [-0.3, -0.25) is 4.79 Å². The number of anilines is 1. The molecule has 0 atom stereocenters. The van der Waals surface area contributed by atoms with E-state index in [4.69, 9.17) is 9.26 Å². The van der Waals surface area contributed by atoms with E-state index in [0.717, 1.165) is 22.2 Å². The first-order chi connectivity index (χ1) is 10.9. The van der Waals surface area contributed by atoms with Crippen LogP contribution in [0.2, 0.25) is 0 Å². The predicted octanol–water partition coefficient (Wildman–Crippen LogP) is 3.39. The highest BCUT2D eigenvalue weighted by atomic mass is 16.5. The molecule has 0 aliphatic rings. The molecule has 2 aromatic heterocycles. The molecule has 2 heterocycles. The van der Waals surface area contributed by atoms with E-state index in [1.54, 1.807) is 20.1 Å². The van der Waals surface area contributed by atoms with Crippen LogP contribution in [0.4, 0.5) is 5.82 Å². The van der Waals surface area contributed by atoms with Crippen LogP contribution in [0.3, 0.4) is 0 Å². The van der Waals surface area contributed by atoms with E-state index in [9.17, 15) is 4.79 Å². The molecule has 2 N–H and O–H groups in total. The number of carbonyl (C=O) groups excluding carboxylic acids is 1. The summed E-state index contributed by atoms with van der Waals surface area (Å²) in [5.41, 5.74) is 1.10. The summed E-state index contributed by atoms with van der Waals surface area (Å²) in [6.07, 6.45) is 1.86. The van der Waals surface area contributed by atoms with Gasteiger partial charge in [-0.1, -0.05) is 5.16 Å². The number of amides is 1. The topological polar surface area (TPSA) is 80.2 Å². The Hall–Kier alpha value is -2.76. The lowest BCUT2D eigenvalue weighted by Gasteiger charge is -2.22.